The maximum Gasteiger partial charge on any atom is 0.219 e. The molecule has 0 unspecified atom stereocenters. The summed E-state index contributed by atoms with van der Waals surface area (Å²) in [6.07, 6.45) is 1.50. The number of Topliss-reactive ketones (excluding diaryl/α,β-unsaturated/α-hetero) is 2. The first kappa shape index (κ1) is 9.27. The predicted molar refractivity (Wildman–Crippen MR) is 54.5 cm³/mol. The van der Waals surface area contributed by atoms with Crippen molar-refractivity contribution in [3.63, 3.8) is 0 Å². The zero-order valence-electron chi connectivity index (χ0n) is 7.37. The third kappa shape index (κ3) is 1.14. The van der Waals surface area contributed by atoms with Crippen LogP contribution >= 0.6 is 15.9 Å². The minimum atomic E-state index is -0.224. The standard InChI is InChI=1S/C10H6BrNO2/c1-5-7(11)10(14)8-6(9(5)13)3-2-4-12-8/h2-4H,1H3. The summed E-state index contributed by atoms with van der Waals surface area (Å²) in [5.74, 6) is -0.364. The van der Waals surface area contributed by atoms with E-state index in [1.165, 1.54) is 6.20 Å². The van der Waals surface area contributed by atoms with Gasteiger partial charge in [-0.25, -0.2) is 0 Å². The van der Waals surface area contributed by atoms with Crippen molar-refractivity contribution < 1.29 is 9.59 Å². The molecule has 0 spiro atoms. The van der Waals surface area contributed by atoms with Crippen LogP contribution in [0.1, 0.15) is 27.8 Å². The second kappa shape index (κ2) is 3.13. The van der Waals surface area contributed by atoms with Crippen molar-refractivity contribution in [2.24, 2.45) is 0 Å². The molecule has 1 heterocycles. The first-order valence-corrected chi connectivity index (χ1v) is 4.83. The van der Waals surface area contributed by atoms with Gasteiger partial charge in [0.15, 0.2) is 5.78 Å². The molecular formula is C10H6BrNO2. The Bertz CT molecular complexity index is 434. The van der Waals surface area contributed by atoms with Crippen LogP contribution in [-0.4, -0.2) is 16.6 Å². The number of hydrogen-bond donors (Lipinski definition) is 0. The first-order valence-electron chi connectivity index (χ1n) is 4.03. The number of carbonyl (C=O) groups excluding carboxylic acids is 2. The highest BCUT2D eigenvalue weighted by Crippen LogP contribution is 2.27. The molecule has 0 radical (unpaired) electrons. The van der Waals surface area contributed by atoms with Gasteiger partial charge in [0.1, 0.15) is 5.69 Å². The second-order valence-corrected chi connectivity index (χ2v) is 3.79. The van der Waals surface area contributed by atoms with Crippen molar-refractivity contribution in [2.45, 2.75) is 6.92 Å². The van der Waals surface area contributed by atoms with Crippen molar-refractivity contribution in [3.8, 4) is 0 Å². The van der Waals surface area contributed by atoms with E-state index in [1.54, 1.807) is 19.1 Å². The van der Waals surface area contributed by atoms with E-state index in [2.05, 4.69) is 20.9 Å². The molecule has 0 amide bonds. The van der Waals surface area contributed by atoms with Crippen molar-refractivity contribution in [1.82, 2.24) is 4.98 Å². The highest BCUT2D eigenvalue weighted by Gasteiger charge is 2.29. The summed E-state index contributed by atoms with van der Waals surface area (Å²) in [6, 6.07) is 3.27. The van der Waals surface area contributed by atoms with Crippen LogP contribution in [0, 0.1) is 0 Å². The van der Waals surface area contributed by atoms with E-state index in [1.807, 2.05) is 0 Å². The Labute approximate surface area is 89.0 Å². The summed E-state index contributed by atoms with van der Waals surface area (Å²) in [5, 5.41) is 0. The maximum atomic E-state index is 11.7. The third-order valence-electron chi connectivity index (χ3n) is 2.14. The fourth-order valence-electron chi connectivity index (χ4n) is 1.35. The molecule has 1 aliphatic rings. The van der Waals surface area contributed by atoms with Crippen LogP contribution in [0.3, 0.4) is 0 Å². The van der Waals surface area contributed by atoms with Crippen LogP contribution in [0.2, 0.25) is 0 Å². The summed E-state index contributed by atoms with van der Waals surface area (Å²) in [6.45, 7) is 1.63. The lowest BCUT2D eigenvalue weighted by atomic mass is 9.94. The molecule has 1 aromatic rings. The highest BCUT2D eigenvalue weighted by molar-refractivity contribution is 9.12. The molecular weight excluding hydrogens is 246 g/mol. The van der Waals surface area contributed by atoms with Crippen molar-refractivity contribution in [2.75, 3.05) is 0 Å². The third-order valence-corrected chi connectivity index (χ3v) is 3.09. The number of allylic oxidation sites excluding steroid dienone is 2. The SMILES string of the molecule is CC1=C(Br)C(=O)c2ncccc2C1=O. The van der Waals surface area contributed by atoms with Crippen molar-refractivity contribution in [1.29, 1.82) is 0 Å². The summed E-state index contributed by atoms with van der Waals surface area (Å²) in [7, 11) is 0. The minimum Gasteiger partial charge on any atom is -0.289 e. The van der Waals surface area contributed by atoms with Crippen LogP contribution in [0.15, 0.2) is 28.4 Å². The van der Waals surface area contributed by atoms with Gasteiger partial charge < -0.3 is 0 Å². The Morgan fingerprint density at radius 1 is 1.29 bits per heavy atom. The molecule has 3 nitrogen and oxygen atoms in total. The van der Waals surface area contributed by atoms with E-state index in [-0.39, 0.29) is 17.3 Å². The molecule has 0 saturated carbocycles. The van der Waals surface area contributed by atoms with Crippen LogP contribution in [0.5, 0.6) is 0 Å². The number of nitrogens with zero attached hydrogens (tertiary/aromatic N) is 1. The van der Waals surface area contributed by atoms with Crippen LogP contribution in [0.25, 0.3) is 0 Å². The number of halogens is 1. The highest BCUT2D eigenvalue weighted by atomic mass is 79.9. The Kier molecular flexibility index (Phi) is 2.07. The van der Waals surface area contributed by atoms with Gasteiger partial charge in [-0.1, -0.05) is 0 Å². The fourth-order valence-corrected chi connectivity index (χ4v) is 1.71. The lowest BCUT2D eigenvalue weighted by Crippen LogP contribution is -2.19. The zero-order chi connectivity index (χ0) is 10.3. The van der Waals surface area contributed by atoms with Gasteiger partial charge in [0.05, 0.1) is 10.0 Å². The summed E-state index contributed by atoms with van der Waals surface area (Å²) in [4.78, 5) is 27.2. The van der Waals surface area contributed by atoms with E-state index in [0.717, 1.165) is 0 Å². The van der Waals surface area contributed by atoms with Gasteiger partial charge in [-0.05, 0) is 35.0 Å². The van der Waals surface area contributed by atoms with Crippen LogP contribution in [0.4, 0.5) is 0 Å². The van der Waals surface area contributed by atoms with Gasteiger partial charge in [0, 0.05) is 11.8 Å². The molecule has 2 rings (SSSR count). The average Bonchev–Trinajstić information content (AvgIpc) is 2.23. The number of ketones is 2. The largest absolute Gasteiger partial charge is 0.289 e. The molecule has 1 aliphatic carbocycles. The Morgan fingerprint density at radius 3 is 2.71 bits per heavy atom. The molecule has 0 N–H and O–H groups in total. The number of carbonyl (C=O) groups is 2. The van der Waals surface area contributed by atoms with Crippen molar-refractivity contribution >= 4 is 27.5 Å². The number of rotatable bonds is 0. The molecule has 0 saturated heterocycles. The number of hydrogen-bond acceptors (Lipinski definition) is 3. The number of pyridine rings is 1. The Hall–Kier alpha value is -1.29. The topological polar surface area (TPSA) is 47.0 Å². The Morgan fingerprint density at radius 2 is 2.00 bits per heavy atom. The molecule has 4 heteroatoms. The predicted octanol–water partition coefficient (Wildman–Crippen LogP) is 2.13. The summed E-state index contributed by atoms with van der Waals surface area (Å²) in [5.41, 5.74) is 1.06. The smallest absolute Gasteiger partial charge is 0.219 e. The zero-order valence-corrected chi connectivity index (χ0v) is 8.96. The average molecular weight is 252 g/mol. The fraction of sp³-hybridized carbons (Fsp3) is 0.100. The lowest BCUT2D eigenvalue weighted by molar-refractivity contribution is 0.0978. The van der Waals surface area contributed by atoms with E-state index in [9.17, 15) is 9.59 Å². The van der Waals surface area contributed by atoms with E-state index >= 15 is 0 Å². The van der Waals surface area contributed by atoms with Crippen LogP contribution in [-0.2, 0) is 0 Å². The van der Waals surface area contributed by atoms with E-state index < -0.39 is 0 Å². The van der Waals surface area contributed by atoms with Gasteiger partial charge in [-0.2, -0.15) is 0 Å². The Balaban J connectivity index is 2.73. The minimum absolute atomic E-state index is 0.139. The van der Waals surface area contributed by atoms with E-state index in [4.69, 9.17) is 0 Å². The molecule has 0 bridgehead atoms. The summed E-state index contributed by atoms with van der Waals surface area (Å²) < 4.78 is 0.314. The lowest BCUT2D eigenvalue weighted by Gasteiger charge is -2.13. The van der Waals surface area contributed by atoms with Crippen LogP contribution < -0.4 is 0 Å². The van der Waals surface area contributed by atoms with Gasteiger partial charge in [-0.3, -0.25) is 14.6 Å². The summed E-state index contributed by atoms with van der Waals surface area (Å²) >= 11 is 3.10. The molecule has 70 valence electrons. The first-order chi connectivity index (χ1) is 6.63. The monoisotopic (exact) mass is 251 g/mol. The molecule has 14 heavy (non-hydrogen) atoms. The second-order valence-electron chi connectivity index (χ2n) is 3.00. The maximum absolute atomic E-state index is 11.7. The van der Waals surface area contributed by atoms with Gasteiger partial charge in [-0.15, -0.1) is 0 Å². The quantitative estimate of drug-likeness (QED) is 0.710. The van der Waals surface area contributed by atoms with Gasteiger partial charge in [0.2, 0.25) is 5.78 Å². The molecule has 1 aromatic heterocycles. The van der Waals surface area contributed by atoms with E-state index in [0.29, 0.717) is 15.6 Å². The van der Waals surface area contributed by atoms with Crippen molar-refractivity contribution in [3.05, 3.63) is 39.6 Å². The number of aromatic nitrogens is 1. The molecule has 0 aromatic carbocycles. The molecule has 0 atom stereocenters. The number of fused-ring (bicyclic) bond motifs is 1. The molecule has 0 aliphatic heterocycles. The van der Waals surface area contributed by atoms with Gasteiger partial charge >= 0.3 is 0 Å². The molecule has 0 fully saturated rings. The van der Waals surface area contributed by atoms with Gasteiger partial charge in [0.25, 0.3) is 0 Å². The normalized spacial score (nSPS) is 15.9.